The third-order valence-corrected chi connectivity index (χ3v) is 4.83. The van der Waals surface area contributed by atoms with Crippen molar-refractivity contribution < 1.29 is 9.63 Å². The number of aromatic amines is 1. The van der Waals surface area contributed by atoms with Crippen LogP contribution >= 0.6 is 0 Å². The van der Waals surface area contributed by atoms with Gasteiger partial charge >= 0.3 is 0 Å². The molecule has 6 nitrogen and oxygen atoms in total. The average molecular weight is 374 g/mol. The van der Waals surface area contributed by atoms with Gasteiger partial charge in [-0.05, 0) is 17.5 Å². The zero-order valence-corrected chi connectivity index (χ0v) is 15.6. The number of carbonyl (C=O) groups excluding carboxylic acids is 1. The van der Waals surface area contributed by atoms with Crippen molar-refractivity contribution in [3.8, 4) is 11.3 Å². The van der Waals surface area contributed by atoms with Gasteiger partial charge in [-0.3, -0.25) is 4.79 Å². The Balaban J connectivity index is 1.41. The summed E-state index contributed by atoms with van der Waals surface area (Å²) in [6.45, 7) is 2.01. The van der Waals surface area contributed by atoms with E-state index in [0.29, 0.717) is 18.6 Å². The van der Waals surface area contributed by atoms with E-state index in [1.165, 1.54) is 0 Å². The molecule has 0 aliphatic carbocycles. The minimum atomic E-state index is -0.219. The second-order valence-corrected chi connectivity index (χ2v) is 6.73. The number of oxime groups is 1. The lowest BCUT2D eigenvalue weighted by molar-refractivity contribution is -0.115. The smallest absolute Gasteiger partial charge is 0.269 e. The predicted octanol–water partition coefficient (Wildman–Crippen LogP) is 4.16. The molecule has 0 spiro atoms. The standard InChI is InChI=1S/C22H22N4O2/c1-2-17(21-23-14-19(24-21)15-9-5-3-6-10-15)25-22(27)18-13-20(28-26-18)16-11-7-4-8-12-16/h3-12,14,17,20H,2,13H2,1H3,(H,23,24)(H,25,27). The Kier molecular flexibility index (Phi) is 5.19. The van der Waals surface area contributed by atoms with Gasteiger partial charge in [0.15, 0.2) is 6.10 Å². The van der Waals surface area contributed by atoms with Gasteiger partial charge in [0.1, 0.15) is 11.5 Å². The summed E-state index contributed by atoms with van der Waals surface area (Å²) in [5, 5.41) is 7.02. The number of nitrogens with one attached hydrogen (secondary N) is 2. The second-order valence-electron chi connectivity index (χ2n) is 6.73. The highest BCUT2D eigenvalue weighted by atomic mass is 16.6. The second kappa shape index (κ2) is 8.08. The van der Waals surface area contributed by atoms with Crippen molar-refractivity contribution in [3.05, 3.63) is 78.2 Å². The summed E-state index contributed by atoms with van der Waals surface area (Å²) in [6.07, 6.45) is 2.75. The van der Waals surface area contributed by atoms with E-state index in [1.807, 2.05) is 67.6 Å². The van der Waals surface area contributed by atoms with E-state index in [1.54, 1.807) is 6.20 Å². The third kappa shape index (κ3) is 3.81. The summed E-state index contributed by atoms with van der Waals surface area (Å²) >= 11 is 0. The molecule has 0 saturated heterocycles. The quantitative estimate of drug-likeness (QED) is 0.680. The Morgan fingerprint density at radius 2 is 1.89 bits per heavy atom. The van der Waals surface area contributed by atoms with Crippen LogP contribution in [0, 0.1) is 0 Å². The molecule has 1 aliphatic heterocycles. The summed E-state index contributed by atoms with van der Waals surface area (Å²) in [5.41, 5.74) is 3.40. The Morgan fingerprint density at radius 3 is 2.61 bits per heavy atom. The zero-order chi connectivity index (χ0) is 19.3. The Hall–Kier alpha value is -3.41. The highest BCUT2D eigenvalue weighted by Crippen LogP contribution is 2.27. The van der Waals surface area contributed by atoms with E-state index in [0.717, 1.165) is 22.6 Å². The fourth-order valence-electron chi connectivity index (χ4n) is 3.24. The summed E-state index contributed by atoms with van der Waals surface area (Å²) in [7, 11) is 0. The number of benzene rings is 2. The van der Waals surface area contributed by atoms with Crippen molar-refractivity contribution in [2.45, 2.75) is 31.9 Å². The van der Waals surface area contributed by atoms with Gasteiger partial charge in [-0.1, -0.05) is 72.7 Å². The lowest BCUT2D eigenvalue weighted by Crippen LogP contribution is -2.34. The van der Waals surface area contributed by atoms with E-state index in [4.69, 9.17) is 4.84 Å². The summed E-state index contributed by atoms with van der Waals surface area (Å²) in [5.74, 6) is 0.511. The van der Waals surface area contributed by atoms with Gasteiger partial charge in [-0.25, -0.2) is 4.98 Å². The number of nitrogens with zero attached hydrogens (tertiary/aromatic N) is 2. The molecule has 0 saturated carbocycles. The van der Waals surface area contributed by atoms with Crippen LogP contribution in [0.15, 0.2) is 72.0 Å². The molecule has 142 valence electrons. The Labute approximate surface area is 163 Å². The molecular weight excluding hydrogens is 352 g/mol. The van der Waals surface area contributed by atoms with Crippen molar-refractivity contribution >= 4 is 11.6 Å². The molecule has 2 N–H and O–H groups in total. The number of H-pyrrole nitrogens is 1. The van der Waals surface area contributed by atoms with Crippen molar-refractivity contribution in [1.82, 2.24) is 15.3 Å². The van der Waals surface area contributed by atoms with E-state index >= 15 is 0 Å². The summed E-state index contributed by atoms with van der Waals surface area (Å²) in [6, 6.07) is 19.6. The number of aromatic nitrogens is 2. The number of hydrogen-bond acceptors (Lipinski definition) is 4. The highest BCUT2D eigenvalue weighted by molar-refractivity contribution is 6.39. The maximum Gasteiger partial charge on any atom is 0.269 e. The van der Waals surface area contributed by atoms with Gasteiger partial charge in [0.2, 0.25) is 0 Å². The molecule has 4 rings (SSSR count). The van der Waals surface area contributed by atoms with Gasteiger partial charge in [0, 0.05) is 6.42 Å². The average Bonchev–Trinajstić information content (AvgIpc) is 3.43. The number of imidazole rings is 1. The zero-order valence-electron chi connectivity index (χ0n) is 15.6. The lowest BCUT2D eigenvalue weighted by atomic mass is 10.0. The molecule has 0 fully saturated rings. The van der Waals surface area contributed by atoms with Crippen LogP contribution < -0.4 is 5.32 Å². The number of amides is 1. The first-order chi connectivity index (χ1) is 13.7. The minimum Gasteiger partial charge on any atom is -0.387 e. The van der Waals surface area contributed by atoms with Crippen molar-refractivity contribution in [2.24, 2.45) is 5.16 Å². The van der Waals surface area contributed by atoms with E-state index < -0.39 is 0 Å². The summed E-state index contributed by atoms with van der Waals surface area (Å²) < 4.78 is 0. The first kappa shape index (κ1) is 18.0. The first-order valence-electron chi connectivity index (χ1n) is 9.43. The van der Waals surface area contributed by atoms with Gasteiger partial charge < -0.3 is 15.1 Å². The lowest BCUT2D eigenvalue weighted by Gasteiger charge is -2.14. The third-order valence-electron chi connectivity index (χ3n) is 4.83. The van der Waals surface area contributed by atoms with Gasteiger partial charge in [0.25, 0.3) is 5.91 Å². The molecule has 0 bridgehead atoms. The molecule has 0 radical (unpaired) electrons. The normalized spacial score (nSPS) is 16.9. The molecule has 1 aliphatic rings. The van der Waals surface area contributed by atoms with Crippen LogP contribution in [-0.2, 0) is 9.63 Å². The van der Waals surface area contributed by atoms with Gasteiger partial charge in [-0.2, -0.15) is 0 Å². The Bertz CT molecular complexity index is 966. The van der Waals surface area contributed by atoms with Crippen molar-refractivity contribution in [2.75, 3.05) is 0 Å². The SMILES string of the molecule is CCC(NC(=O)C1=NOC(c2ccccc2)C1)c1ncc(-c2ccccc2)[nH]1. The van der Waals surface area contributed by atoms with Gasteiger partial charge in [0.05, 0.1) is 17.9 Å². The van der Waals surface area contributed by atoms with E-state index in [-0.39, 0.29) is 18.1 Å². The first-order valence-corrected chi connectivity index (χ1v) is 9.43. The molecule has 3 aromatic rings. The molecule has 2 atom stereocenters. The van der Waals surface area contributed by atoms with Crippen LogP contribution in [0.5, 0.6) is 0 Å². The predicted molar refractivity (Wildman–Crippen MR) is 108 cm³/mol. The summed E-state index contributed by atoms with van der Waals surface area (Å²) in [4.78, 5) is 25.9. The van der Waals surface area contributed by atoms with E-state index in [9.17, 15) is 4.79 Å². The maximum atomic E-state index is 12.7. The molecule has 28 heavy (non-hydrogen) atoms. The van der Waals surface area contributed by atoms with Crippen LogP contribution in [0.4, 0.5) is 0 Å². The monoisotopic (exact) mass is 374 g/mol. The number of rotatable bonds is 6. The Morgan fingerprint density at radius 1 is 1.18 bits per heavy atom. The van der Waals surface area contributed by atoms with Crippen LogP contribution in [0.1, 0.15) is 43.3 Å². The van der Waals surface area contributed by atoms with E-state index in [2.05, 4.69) is 20.4 Å². The molecule has 1 aromatic heterocycles. The molecule has 2 unspecified atom stereocenters. The molecule has 2 aromatic carbocycles. The minimum absolute atomic E-state index is 0.213. The molecule has 2 heterocycles. The van der Waals surface area contributed by atoms with Crippen LogP contribution in [0.3, 0.4) is 0 Å². The fourth-order valence-corrected chi connectivity index (χ4v) is 3.24. The van der Waals surface area contributed by atoms with Crippen LogP contribution in [0.25, 0.3) is 11.3 Å². The van der Waals surface area contributed by atoms with Gasteiger partial charge in [-0.15, -0.1) is 0 Å². The number of carbonyl (C=O) groups is 1. The van der Waals surface area contributed by atoms with Crippen LogP contribution in [-0.4, -0.2) is 21.6 Å². The highest BCUT2D eigenvalue weighted by Gasteiger charge is 2.29. The van der Waals surface area contributed by atoms with Crippen LogP contribution in [0.2, 0.25) is 0 Å². The number of hydrogen-bond donors (Lipinski definition) is 2. The molecule has 6 heteroatoms. The molecular formula is C22H22N4O2. The largest absolute Gasteiger partial charge is 0.387 e. The fraction of sp³-hybridized carbons (Fsp3) is 0.227. The molecule has 1 amide bonds. The maximum absolute atomic E-state index is 12.7. The van der Waals surface area contributed by atoms with Crippen molar-refractivity contribution in [1.29, 1.82) is 0 Å². The topological polar surface area (TPSA) is 79.4 Å². The van der Waals surface area contributed by atoms with Crippen molar-refractivity contribution in [3.63, 3.8) is 0 Å².